The summed E-state index contributed by atoms with van der Waals surface area (Å²) in [6, 6.07) is 2.98. The molecule has 0 bridgehead atoms. The third-order valence-electron chi connectivity index (χ3n) is 3.13. The highest BCUT2D eigenvalue weighted by atomic mass is 15.3. The molecule has 1 aliphatic carbocycles. The predicted octanol–water partition coefficient (Wildman–Crippen LogP) is 2.22. The van der Waals surface area contributed by atoms with Gasteiger partial charge in [0.05, 0.1) is 0 Å². The van der Waals surface area contributed by atoms with E-state index in [1.807, 2.05) is 6.20 Å². The molecule has 1 aromatic rings. The van der Waals surface area contributed by atoms with Crippen LogP contribution in [0.3, 0.4) is 0 Å². The van der Waals surface area contributed by atoms with Crippen molar-refractivity contribution in [1.29, 1.82) is 0 Å². The van der Waals surface area contributed by atoms with Crippen LogP contribution >= 0.6 is 0 Å². The van der Waals surface area contributed by atoms with Gasteiger partial charge in [-0.3, -0.25) is 4.68 Å². The van der Waals surface area contributed by atoms with E-state index in [9.17, 15) is 0 Å². The number of nitrogens with one attached hydrogen (secondary N) is 1. The molecule has 1 N–H and O–H groups in total. The van der Waals surface area contributed by atoms with Gasteiger partial charge in [0.25, 0.3) is 0 Å². The Hall–Kier alpha value is -0.830. The summed E-state index contributed by atoms with van der Waals surface area (Å²) in [5.41, 5.74) is 1.38. The Morgan fingerprint density at radius 1 is 1.56 bits per heavy atom. The first-order chi connectivity index (χ1) is 7.79. The van der Waals surface area contributed by atoms with Gasteiger partial charge in [-0.1, -0.05) is 13.8 Å². The van der Waals surface area contributed by atoms with Gasteiger partial charge in [0.15, 0.2) is 0 Å². The van der Waals surface area contributed by atoms with Crippen molar-refractivity contribution in [1.82, 2.24) is 15.1 Å². The number of nitrogens with zero attached hydrogens (tertiary/aromatic N) is 2. The first-order valence-electron chi connectivity index (χ1n) is 6.53. The van der Waals surface area contributed by atoms with Crippen LogP contribution in [0.15, 0.2) is 12.3 Å². The molecule has 3 nitrogen and oxygen atoms in total. The second-order valence-corrected chi connectivity index (χ2v) is 5.04. The number of aryl methyl sites for hydroxylation is 1. The van der Waals surface area contributed by atoms with Gasteiger partial charge in [0.2, 0.25) is 0 Å². The van der Waals surface area contributed by atoms with E-state index in [-0.39, 0.29) is 0 Å². The summed E-state index contributed by atoms with van der Waals surface area (Å²) in [6.45, 7) is 6.70. The highest BCUT2D eigenvalue weighted by Crippen LogP contribution is 2.19. The monoisotopic (exact) mass is 221 g/mol. The Bertz CT molecular complexity index is 315. The van der Waals surface area contributed by atoms with Crippen molar-refractivity contribution in [3.05, 3.63) is 18.0 Å². The average molecular weight is 221 g/mol. The van der Waals surface area contributed by atoms with Gasteiger partial charge in [0, 0.05) is 24.5 Å². The summed E-state index contributed by atoms with van der Waals surface area (Å²) >= 11 is 0. The summed E-state index contributed by atoms with van der Waals surface area (Å²) in [7, 11) is 0. The molecule has 90 valence electrons. The Balaban J connectivity index is 1.79. The van der Waals surface area contributed by atoms with Gasteiger partial charge in [-0.25, -0.2) is 0 Å². The number of hydrogen-bond donors (Lipinski definition) is 1. The minimum absolute atomic E-state index is 0.702. The van der Waals surface area contributed by atoms with Gasteiger partial charge in [-0.15, -0.1) is 0 Å². The molecule has 0 aliphatic heterocycles. The third kappa shape index (κ3) is 3.34. The molecule has 16 heavy (non-hydrogen) atoms. The summed E-state index contributed by atoms with van der Waals surface area (Å²) < 4.78 is 2.15. The summed E-state index contributed by atoms with van der Waals surface area (Å²) in [6.07, 6.45) is 6.97. The van der Waals surface area contributed by atoms with Gasteiger partial charge >= 0.3 is 0 Å². The Morgan fingerprint density at radius 2 is 2.38 bits per heavy atom. The van der Waals surface area contributed by atoms with E-state index in [1.165, 1.54) is 18.5 Å². The van der Waals surface area contributed by atoms with E-state index in [4.69, 9.17) is 0 Å². The number of aromatic nitrogens is 2. The second-order valence-electron chi connectivity index (χ2n) is 5.04. The molecule has 0 aromatic carbocycles. The lowest BCUT2D eigenvalue weighted by Gasteiger charge is -2.13. The predicted molar refractivity (Wildman–Crippen MR) is 66.4 cm³/mol. The topological polar surface area (TPSA) is 29.9 Å². The van der Waals surface area contributed by atoms with Crippen LogP contribution in [0.2, 0.25) is 0 Å². The van der Waals surface area contributed by atoms with Crippen molar-refractivity contribution in [2.45, 2.75) is 52.1 Å². The lowest BCUT2D eigenvalue weighted by molar-refractivity contribution is 0.479. The third-order valence-corrected chi connectivity index (χ3v) is 3.13. The van der Waals surface area contributed by atoms with E-state index in [2.05, 4.69) is 35.0 Å². The quantitative estimate of drug-likeness (QED) is 0.765. The molecule has 1 saturated carbocycles. The molecule has 1 atom stereocenters. The minimum Gasteiger partial charge on any atom is -0.314 e. The fourth-order valence-electron chi connectivity index (χ4n) is 2.03. The molecule has 1 heterocycles. The van der Waals surface area contributed by atoms with Crippen molar-refractivity contribution >= 4 is 0 Å². The Morgan fingerprint density at radius 3 is 3.06 bits per heavy atom. The summed E-state index contributed by atoms with van der Waals surface area (Å²) in [5.74, 6) is 0.702. The fraction of sp³-hybridized carbons (Fsp3) is 0.769. The van der Waals surface area contributed by atoms with Crippen LogP contribution in [0.1, 0.15) is 38.8 Å². The normalized spacial score (nSPS) is 17.6. The van der Waals surface area contributed by atoms with Crippen LogP contribution < -0.4 is 5.32 Å². The Labute approximate surface area is 98.2 Å². The molecule has 0 amide bonds. The van der Waals surface area contributed by atoms with Crippen molar-refractivity contribution in [3.63, 3.8) is 0 Å². The first kappa shape index (κ1) is 11.6. The molecule has 0 saturated heterocycles. The maximum absolute atomic E-state index is 4.36. The fourth-order valence-corrected chi connectivity index (χ4v) is 2.03. The summed E-state index contributed by atoms with van der Waals surface area (Å²) in [4.78, 5) is 0. The van der Waals surface area contributed by atoms with Crippen molar-refractivity contribution in [2.24, 2.45) is 5.92 Å². The maximum atomic E-state index is 4.36. The smallest absolute Gasteiger partial charge is 0.0492 e. The molecule has 2 rings (SSSR count). The zero-order valence-electron chi connectivity index (χ0n) is 10.4. The maximum Gasteiger partial charge on any atom is 0.0492 e. The standard InChI is InChI=1S/C13H23N3/c1-3-8-16-13(6-7-15-16)9-11(2)10-14-12-4-5-12/h6-7,11-12,14H,3-5,8-10H2,1-2H3. The van der Waals surface area contributed by atoms with Crippen LogP contribution in [0.5, 0.6) is 0 Å². The van der Waals surface area contributed by atoms with Crippen LogP contribution in [-0.2, 0) is 13.0 Å². The SMILES string of the molecule is CCCn1nccc1CC(C)CNC1CC1. The molecular formula is C13H23N3. The summed E-state index contributed by atoms with van der Waals surface area (Å²) in [5, 5.41) is 7.95. The molecule has 0 spiro atoms. The molecular weight excluding hydrogens is 198 g/mol. The van der Waals surface area contributed by atoms with E-state index < -0.39 is 0 Å². The highest BCUT2D eigenvalue weighted by Gasteiger charge is 2.21. The zero-order valence-corrected chi connectivity index (χ0v) is 10.4. The van der Waals surface area contributed by atoms with Crippen molar-refractivity contribution in [3.8, 4) is 0 Å². The molecule has 3 heteroatoms. The van der Waals surface area contributed by atoms with E-state index in [0.717, 1.165) is 32.0 Å². The minimum atomic E-state index is 0.702. The molecule has 1 unspecified atom stereocenters. The van der Waals surface area contributed by atoms with Crippen molar-refractivity contribution in [2.75, 3.05) is 6.54 Å². The van der Waals surface area contributed by atoms with Crippen LogP contribution in [0.25, 0.3) is 0 Å². The Kier molecular flexibility index (Phi) is 3.99. The van der Waals surface area contributed by atoms with Gasteiger partial charge in [0.1, 0.15) is 0 Å². The van der Waals surface area contributed by atoms with Crippen LogP contribution in [0, 0.1) is 5.92 Å². The zero-order chi connectivity index (χ0) is 11.4. The van der Waals surface area contributed by atoms with Crippen LogP contribution in [-0.4, -0.2) is 22.4 Å². The largest absolute Gasteiger partial charge is 0.314 e. The molecule has 1 aromatic heterocycles. The molecule has 0 radical (unpaired) electrons. The van der Waals surface area contributed by atoms with E-state index >= 15 is 0 Å². The second kappa shape index (κ2) is 5.48. The van der Waals surface area contributed by atoms with Crippen LogP contribution in [0.4, 0.5) is 0 Å². The molecule has 1 aliphatic rings. The molecule has 1 fully saturated rings. The lowest BCUT2D eigenvalue weighted by Crippen LogP contribution is -2.25. The van der Waals surface area contributed by atoms with Gasteiger partial charge < -0.3 is 5.32 Å². The number of hydrogen-bond acceptors (Lipinski definition) is 2. The van der Waals surface area contributed by atoms with Gasteiger partial charge in [-0.05, 0) is 44.2 Å². The first-order valence-corrected chi connectivity index (χ1v) is 6.53. The van der Waals surface area contributed by atoms with Gasteiger partial charge in [-0.2, -0.15) is 5.10 Å². The van der Waals surface area contributed by atoms with E-state index in [1.54, 1.807) is 0 Å². The van der Waals surface area contributed by atoms with Crippen molar-refractivity contribution < 1.29 is 0 Å². The average Bonchev–Trinajstić information content (AvgIpc) is 3.00. The number of rotatable bonds is 7. The highest BCUT2D eigenvalue weighted by molar-refractivity contribution is 5.01. The van der Waals surface area contributed by atoms with E-state index in [0.29, 0.717) is 5.92 Å². The lowest BCUT2D eigenvalue weighted by atomic mass is 10.1.